The minimum Gasteiger partial charge on any atom is -0.478 e. The second kappa shape index (κ2) is 4.79. The Bertz CT molecular complexity index is 475. The van der Waals surface area contributed by atoms with Crippen LogP contribution in [0.15, 0.2) is 18.3 Å². The number of pyridine rings is 1. The van der Waals surface area contributed by atoms with Crippen LogP contribution in [0.5, 0.6) is 0 Å². The summed E-state index contributed by atoms with van der Waals surface area (Å²) in [5, 5.41) is 9.19. The largest absolute Gasteiger partial charge is 0.478 e. The number of carbonyl (C=O) groups is 1. The molecule has 0 aromatic carbocycles. The highest BCUT2D eigenvalue weighted by molar-refractivity contribution is 5.93. The molecule has 0 saturated carbocycles. The maximum atomic E-state index is 11.2. The Hall–Kier alpha value is -1.66. The van der Waals surface area contributed by atoms with Crippen LogP contribution in [-0.2, 0) is 9.47 Å². The lowest BCUT2D eigenvalue weighted by Gasteiger charge is -2.38. The molecule has 0 bridgehead atoms. The van der Waals surface area contributed by atoms with E-state index in [1.54, 1.807) is 18.3 Å². The van der Waals surface area contributed by atoms with Crippen molar-refractivity contribution in [3.63, 3.8) is 0 Å². The number of piperidine rings is 1. The molecule has 0 radical (unpaired) electrons. The van der Waals surface area contributed by atoms with Gasteiger partial charge in [-0.1, -0.05) is 0 Å². The Morgan fingerprint density at radius 3 is 2.63 bits per heavy atom. The number of carboxylic acids is 1. The Kier molecular flexibility index (Phi) is 3.12. The van der Waals surface area contributed by atoms with Crippen LogP contribution in [0.4, 0.5) is 5.82 Å². The molecule has 0 atom stereocenters. The molecule has 6 heteroatoms. The molecular formula is C13H16N2O4. The van der Waals surface area contributed by atoms with Gasteiger partial charge < -0.3 is 19.5 Å². The van der Waals surface area contributed by atoms with Crippen LogP contribution in [-0.4, -0.2) is 48.2 Å². The summed E-state index contributed by atoms with van der Waals surface area (Å²) in [5.41, 5.74) is 0.242. The molecule has 1 aromatic rings. The Labute approximate surface area is 111 Å². The lowest BCUT2D eigenvalue weighted by atomic mass is 10.0. The normalized spacial score (nSPS) is 21.8. The first-order valence-corrected chi connectivity index (χ1v) is 6.41. The highest BCUT2D eigenvalue weighted by Gasteiger charge is 2.40. The fourth-order valence-corrected chi connectivity index (χ4v) is 2.66. The summed E-state index contributed by atoms with van der Waals surface area (Å²) in [7, 11) is 0. The zero-order valence-electron chi connectivity index (χ0n) is 10.5. The van der Waals surface area contributed by atoms with Crippen LogP contribution in [0.1, 0.15) is 23.2 Å². The second-order valence-corrected chi connectivity index (χ2v) is 4.77. The Balaban J connectivity index is 1.76. The second-order valence-electron chi connectivity index (χ2n) is 4.77. The molecule has 0 aliphatic carbocycles. The summed E-state index contributed by atoms with van der Waals surface area (Å²) >= 11 is 0. The number of aromatic carboxylic acids is 1. The van der Waals surface area contributed by atoms with Crippen molar-refractivity contribution in [3.8, 4) is 0 Å². The van der Waals surface area contributed by atoms with Crippen molar-refractivity contribution >= 4 is 11.8 Å². The predicted octanol–water partition coefficient (Wildman–Crippen LogP) is 1.12. The highest BCUT2D eigenvalue weighted by Crippen LogP contribution is 2.33. The molecule has 1 N–H and O–H groups in total. The SMILES string of the molecule is O=C(O)c1cccnc1N1CCC2(CC1)OCCO2. The van der Waals surface area contributed by atoms with Crippen LogP contribution in [0.25, 0.3) is 0 Å². The van der Waals surface area contributed by atoms with Crippen molar-refractivity contribution in [1.82, 2.24) is 4.98 Å². The molecule has 0 unspecified atom stereocenters. The fourth-order valence-electron chi connectivity index (χ4n) is 2.66. The third kappa shape index (κ3) is 2.29. The zero-order valence-corrected chi connectivity index (χ0v) is 10.5. The molecule has 102 valence electrons. The van der Waals surface area contributed by atoms with E-state index in [1.165, 1.54) is 0 Å². The van der Waals surface area contributed by atoms with Gasteiger partial charge in [0.2, 0.25) is 0 Å². The number of rotatable bonds is 2. The Morgan fingerprint density at radius 2 is 2.00 bits per heavy atom. The maximum Gasteiger partial charge on any atom is 0.339 e. The van der Waals surface area contributed by atoms with Crippen molar-refractivity contribution in [2.45, 2.75) is 18.6 Å². The summed E-state index contributed by atoms with van der Waals surface area (Å²) in [6.07, 6.45) is 3.10. The minimum absolute atomic E-state index is 0.242. The van der Waals surface area contributed by atoms with E-state index in [9.17, 15) is 9.90 Å². The molecule has 0 amide bonds. The summed E-state index contributed by atoms with van der Waals surface area (Å²) in [5.74, 6) is -0.867. The quantitative estimate of drug-likeness (QED) is 0.863. The fraction of sp³-hybridized carbons (Fsp3) is 0.538. The average molecular weight is 264 g/mol. The molecule has 19 heavy (non-hydrogen) atoms. The van der Waals surface area contributed by atoms with Gasteiger partial charge in [0.15, 0.2) is 5.79 Å². The standard InChI is InChI=1S/C13H16N2O4/c16-12(17)10-2-1-5-14-11(10)15-6-3-13(4-7-15)18-8-9-19-13/h1-2,5H,3-4,6-9H2,(H,16,17). The predicted molar refractivity (Wildman–Crippen MR) is 67.3 cm³/mol. The smallest absolute Gasteiger partial charge is 0.339 e. The summed E-state index contributed by atoms with van der Waals surface area (Å²) < 4.78 is 11.3. The van der Waals surface area contributed by atoms with Gasteiger partial charge in [0, 0.05) is 32.1 Å². The van der Waals surface area contributed by atoms with Gasteiger partial charge in [-0.2, -0.15) is 0 Å². The molecule has 3 heterocycles. The number of anilines is 1. The lowest BCUT2D eigenvalue weighted by Crippen LogP contribution is -2.45. The molecule has 2 saturated heterocycles. The number of aromatic nitrogens is 1. The van der Waals surface area contributed by atoms with Gasteiger partial charge in [0.05, 0.1) is 13.2 Å². The molecule has 6 nitrogen and oxygen atoms in total. The number of carboxylic acid groups (broad SMARTS) is 1. The molecular weight excluding hydrogens is 248 g/mol. The van der Waals surface area contributed by atoms with Gasteiger partial charge in [-0.15, -0.1) is 0 Å². The lowest BCUT2D eigenvalue weighted by molar-refractivity contribution is -0.169. The van der Waals surface area contributed by atoms with Gasteiger partial charge in [0.1, 0.15) is 11.4 Å². The van der Waals surface area contributed by atoms with E-state index in [4.69, 9.17) is 9.47 Å². The van der Waals surface area contributed by atoms with Gasteiger partial charge in [-0.25, -0.2) is 9.78 Å². The highest BCUT2D eigenvalue weighted by atomic mass is 16.7. The van der Waals surface area contributed by atoms with E-state index < -0.39 is 11.8 Å². The molecule has 3 rings (SSSR count). The monoisotopic (exact) mass is 264 g/mol. The number of ether oxygens (including phenoxy) is 2. The van der Waals surface area contributed by atoms with E-state index >= 15 is 0 Å². The first kappa shape index (κ1) is 12.4. The summed E-state index contributed by atoms with van der Waals surface area (Å²) in [6, 6.07) is 3.22. The molecule has 1 spiro atoms. The van der Waals surface area contributed by atoms with Crippen molar-refractivity contribution in [1.29, 1.82) is 0 Å². The topological polar surface area (TPSA) is 71.9 Å². The Morgan fingerprint density at radius 1 is 1.32 bits per heavy atom. The first-order chi connectivity index (χ1) is 9.20. The number of hydrogen-bond donors (Lipinski definition) is 1. The van der Waals surface area contributed by atoms with Gasteiger partial charge in [-0.05, 0) is 12.1 Å². The van der Waals surface area contributed by atoms with Crippen molar-refractivity contribution in [2.24, 2.45) is 0 Å². The number of hydrogen-bond acceptors (Lipinski definition) is 5. The van der Waals surface area contributed by atoms with E-state index in [2.05, 4.69) is 4.98 Å². The van der Waals surface area contributed by atoms with Gasteiger partial charge in [0.25, 0.3) is 0 Å². The van der Waals surface area contributed by atoms with Crippen LogP contribution < -0.4 is 4.90 Å². The molecule has 2 fully saturated rings. The van der Waals surface area contributed by atoms with Crippen LogP contribution in [0, 0.1) is 0 Å². The third-order valence-electron chi connectivity index (χ3n) is 3.66. The van der Waals surface area contributed by atoms with Gasteiger partial charge in [-0.3, -0.25) is 0 Å². The van der Waals surface area contributed by atoms with Crippen molar-refractivity contribution < 1.29 is 19.4 Å². The summed E-state index contributed by atoms with van der Waals surface area (Å²) in [6.45, 7) is 2.67. The van der Waals surface area contributed by atoms with E-state index in [0.29, 0.717) is 32.1 Å². The van der Waals surface area contributed by atoms with Crippen molar-refractivity contribution in [3.05, 3.63) is 23.9 Å². The van der Waals surface area contributed by atoms with Crippen LogP contribution in [0.3, 0.4) is 0 Å². The minimum atomic E-state index is -0.947. The van der Waals surface area contributed by atoms with E-state index in [0.717, 1.165) is 12.8 Å². The summed E-state index contributed by atoms with van der Waals surface area (Å²) in [4.78, 5) is 17.4. The van der Waals surface area contributed by atoms with Crippen molar-refractivity contribution in [2.75, 3.05) is 31.2 Å². The average Bonchev–Trinajstić information content (AvgIpc) is 2.88. The zero-order chi connectivity index (χ0) is 13.3. The van der Waals surface area contributed by atoms with E-state index in [-0.39, 0.29) is 5.56 Å². The molecule has 1 aromatic heterocycles. The molecule has 2 aliphatic heterocycles. The maximum absolute atomic E-state index is 11.2. The van der Waals surface area contributed by atoms with Crippen LogP contribution in [0.2, 0.25) is 0 Å². The number of nitrogens with zero attached hydrogens (tertiary/aromatic N) is 2. The molecule has 2 aliphatic rings. The van der Waals surface area contributed by atoms with E-state index in [1.807, 2.05) is 4.90 Å². The van der Waals surface area contributed by atoms with Gasteiger partial charge >= 0.3 is 5.97 Å². The van der Waals surface area contributed by atoms with Crippen LogP contribution >= 0.6 is 0 Å². The third-order valence-corrected chi connectivity index (χ3v) is 3.66. The first-order valence-electron chi connectivity index (χ1n) is 6.41.